The lowest BCUT2D eigenvalue weighted by atomic mass is 9.96. The zero-order chi connectivity index (χ0) is 29.2. The molecule has 7 N–H and O–H groups in total. The normalized spacial score (nSPS) is 35.6. The number of aliphatic hydroxyl groups is 6. The van der Waals surface area contributed by atoms with Crippen molar-refractivity contribution in [3.8, 4) is 0 Å². The Bertz CT molecular complexity index is 830. The highest BCUT2D eigenvalue weighted by atomic mass is 32.2. The molecule has 0 saturated carbocycles. The number of carbonyl (C=O) groups excluding carboxylic acids is 1. The summed E-state index contributed by atoms with van der Waals surface area (Å²) < 4.78 is 53.6. The van der Waals surface area contributed by atoms with Crippen LogP contribution in [0.5, 0.6) is 0 Å². The molecule has 0 spiro atoms. The van der Waals surface area contributed by atoms with Gasteiger partial charge < -0.3 is 54.3 Å². The van der Waals surface area contributed by atoms with Crippen molar-refractivity contribution in [3.63, 3.8) is 0 Å². The number of unbranched alkanes of at least 4 members (excludes halogenated alkanes) is 5. The van der Waals surface area contributed by atoms with E-state index in [0.29, 0.717) is 12.8 Å². The van der Waals surface area contributed by atoms with Gasteiger partial charge in [-0.25, -0.2) is 13.1 Å². The Morgan fingerprint density at radius 3 is 1.97 bits per heavy atom. The van der Waals surface area contributed by atoms with E-state index in [2.05, 4.69) is 9.46 Å². The summed E-state index contributed by atoms with van der Waals surface area (Å²) in [7, 11) is -2.56. The third kappa shape index (κ3) is 10.4. The van der Waals surface area contributed by atoms with Crippen molar-refractivity contribution in [2.45, 2.75) is 106 Å². The van der Waals surface area contributed by atoms with Gasteiger partial charge in [0.15, 0.2) is 12.6 Å². The molecule has 16 heteroatoms. The summed E-state index contributed by atoms with van der Waals surface area (Å²) in [5.41, 5.74) is 0. The lowest BCUT2D eigenvalue weighted by Gasteiger charge is -2.47. The quantitative estimate of drug-likeness (QED) is 0.0707. The molecule has 2 rings (SSSR count). The minimum absolute atomic E-state index is 0.149. The van der Waals surface area contributed by atoms with Crippen LogP contribution in [0.3, 0.4) is 0 Å². The maximum atomic E-state index is 12.1. The summed E-state index contributed by atoms with van der Waals surface area (Å²) in [6.07, 6.45) is -7.87. The van der Waals surface area contributed by atoms with Crippen LogP contribution in [0.1, 0.15) is 44.9 Å². The predicted molar refractivity (Wildman–Crippen MR) is 132 cm³/mol. The van der Waals surface area contributed by atoms with Crippen molar-refractivity contribution in [1.29, 1.82) is 0 Å². The van der Waals surface area contributed by atoms with Crippen LogP contribution in [0.2, 0.25) is 0 Å². The number of methoxy groups -OCH3 is 1. The first-order valence-electron chi connectivity index (χ1n) is 13.0. The number of ether oxygens (including phenoxy) is 5. The highest BCUT2D eigenvalue weighted by Gasteiger charge is 2.51. The fourth-order valence-electron chi connectivity index (χ4n) is 4.46. The average Bonchev–Trinajstić information content (AvgIpc) is 2.89. The number of sulfonamides is 1. The van der Waals surface area contributed by atoms with Crippen molar-refractivity contribution in [2.24, 2.45) is 0 Å². The number of hydrogen-bond donors (Lipinski definition) is 7. The summed E-state index contributed by atoms with van der Waals surface area (Å²) in [4.78, 5) is 11.1. The standard InChI is InChI=1S/C23H43NO14S/c1-34-15(27)9-7-5-3-4-6-8-10-35-22-16(24-39(2,32)33)21(18(29)14(12-26)36-22)38-23-20(31)19(30)17(28)13(11-25)37-23/h13-14,16-26,28-31H,3-12H2,1-2H3/t13?,14?,16?,17-,18+,19?,20?,21?,22+,23?/m0/s1. The van der Waals surface area contributed by atoms with E-state index in [1.54, 1.807) is 0 Å². The monoisotopic (exact) mass is 589 g/mol. The third-order valence-corrected chi connectivity index (χ3v) is 7.33. The van der Waals surface area contributed by atoms with Gasteiger partial charge >= 0.3 is 5.97 Å². The Kier molecular flexibility index (Phi) is 14.4. The second-order valence-corrected chi connectivity index (χ2v) is 11.5. The highest BCUT2D eigenvalue weighted by molar-refractivity contribution is 7.88. The van der Waals surface area contributed by atoms with Crippen LogP contribution in [0, 0.1) is 0 Å². The van der Waals surface area contributed by atoms with Gasteiger partial charge in [-0.05, 0) is 12.8 Å². The molecule has 230 valence electrons. The van der Waals surface area contributed by atoms with E-state index in [4.69, 9.17) is 18.9 Å². The van der Waals surface area contributed by atoms with Crippen LogP contribution in [0.4, 0.5) is 0 Å². The van der Waals surface area contributed by atoms with Gasteiger partial charge in [0.05, 0.1) is 26.6 Å². The number of rotatable bonds is 16. The lowest BCUT2D eigenvalue weighted by Crippen LogP contribution is -2.68. The number of esters is 1. The lowest BCUT2D eigenvalue weighted by molar-refractivity contribution is -0.344. The molecule has 39 heavy (non-hydrogen) atoms. The van der Waals surface area contributed by atoms with E-state index >= 15 is 0 Å². The van der Waals surface area contributed by atoms with Crippen molar-refractivity contribution in [3.05, 3.63) is 0 Å². The largest absolute Gasteiger partial charge is 0.469 e. The van der Waals surface area contributed by atoms with Crippen LogP contribution in [-0.4, -0.2) is 140 Å². The van der Waals surface area contributed by atoms with Gasteiger partial charge in [0.2, 0.25) is 10.0 Å². The number of carbonyl (C=O) groups is 1. The highest BCUT2D eigenvalue weighted by Crippen LogP contribution is 2.30. The van der Waals surface area contributed by atoms with Crippen LogP contribution in [0.15, 0.2) is 0 Å². The first-order chi connectivity index (χ1) is 18.4. The molecule has 2 heterocycles. The van der Waals surface area contributed by atoms with Gasteiger partial charge in [-0.2, -0.15) is 0 Å². The van der Waals surface area contributed by atoms with Gasteiger partial charge in [-0.3, -0.25) is 4.79 Å². The Morgan fingerprint density at radius 2 is 1.38 bits per heavy atom. The number of nitrogens with one attached hydrogen (secondary N) is 1. The zero-order valence-electron chi connectivity index (χ0n) is 22.2. The van der Waals surface area contributed by atoms with Crippen molar-refractivity contribution in [1.82, 2.24) is 4.72 Å². The van der Waals surface area contributed by atoms with Crippen LogP contribution < -0.4 is 4.72 Å². The summed E-state index contributed by atoms with van der Waals surface area (Å²) in [6, 6.07) is -1.36. The third-order valence-electron chi connectivity index (χ3n) is 6.63. The predicted octanol–water partition coefficient (Wildman–Crippen LogP) is -2.91. The molecule has 0 bridgehead atoms. The first-order valence-corrected chi connectivity index (χ1v) is 14.9. The zero-order valence-corrected chi connectivity index (χ0v) is 23.0. The van der Waals surface area contributed by atoms with Crippen molar-refractivity contribution >= 4 is 16.0 Å². The first kappa shape index (κ1) is 34.2. The van der Waals surface area contributed by atoms with Crippen LogP contribution >= 0.6 is 0 Å². The summed E-state index contributed by atoms with van der Waals surface area (Å²) >= 11 is 0. The second-order valence-electron chi connectivity index (χ2n) is 9.75. The molecule has 0 amide bonds. The fourth-order valence-corrected chi connectivity index (χ4v) is 5.20. The Hall–Kier alpha value is -1.02. The molecule has 0 radical (unpaired) electrons. The van der Waals surface area contributed by atoms with Gasteiger partial charge in [0.25, 0.3) is 0 Å². The molecule has 7 unspecified atom stereocenters. The summed E-state index contributed by atoms with van der Waals surface area (Å²) in [5.74, 6) is -0.242. The number of aliphatic hydroxyl groups excluding tert-OH is 6. The molecule has 2 saturated heterocycles. The molecule has 15 nitrogen and oxygen atoms in total. The minimum atomic E-state index is -3.91. The van der Waals surface area contributed by atoms with Crippen LogP contribution in [-0.2, 0) is 38.5 Å². The fraction of sp³-hybridized carbons (Fsp3) is 0.957. The molecule has 2 aliphatic rings. The second kappa shape index (κ2) is 16.4. The van der Waals surface area contributed by atoms with Crippen LogP contribution in [0.25, 0.3) is 0 Å². The molecular formula is C23H43NO14S. The average molecular weight is 590 g/mol. The van der Waals surface area contributed by atoms with E-state index < -0.39 is 84.6 Å². The van der Waals surface area contributed by atoms with Crippen molar-refractivity contribution < 1.29 is 67.5 Å². The van der Waals surface area contributed by atoms with E-state index in [0.717, 1.165) is 38.4 Å². The Morgan fingerprint density at radius 1 is 0.821 bits per heavy atom. The summed E-state index contributed by atoms with van der Waals surface area (Å²) in [5, 5.41) is 60.4. The SMILES string of the molecule is COC(=O)CCCCCCCCO[C@@H]1OC(CO)[C@@H](O)C(OC2OC(CO)[C@H](O)C(O)C2O)C1NS(C)(=O)=O. The molecule has 10 atom stereocenters. The molecule has 0 aliphatic carbocycles. The maximum Gasteiger partial charge on any atom is 0.305 e. The topological polar surface area (TPSA) is 231 Å². The Balaban J connectivity index is 2.03. The van der Waals surface area contributed by atoms with E-state index in [1.165, 1.54) is 7.11 Å². The molecule has 0 aromatic carbocycles. The van der Waals surface area contributed by atoms with E-state index in [-0.39, 0.29) is 12.6 Å². The van der Waals surface area contributed by atoms with Gasteiger partial charge in [-0.1, -0.05) is 25.7 Å². The molecule has 2 aliphatic heterocycles. The van der Waals surface area contributed by atoms with Gasteiger partial charge in [0, 0.05) is 13.0 Å². The van der Waals surface area contributed by atoms with E-state index in [9.17, 15) is 43.9 Å². The molecule has 2 fully saturated rings. The Labute approximate surface area is 228 Å². The van der Waals surface area contributed by atoms with Gasteiger partial charge in [0.1, 0.15) is 48.8 Å². The molecular weight excluding hydrogens is 546 g/mol. The molecule has 0 aromatic heterocycles. The molecule has 0 aromatic rings. The summed E-state index contributed by atoms with van der Waals surface area (Å²) in [6.45, 7) is -1.25. The number of hydrogen-bond acceptors (Lipinski definition) is 14. The maximum absolute atomic E-state index is 12.1. The van der Waals surface area contributed by atoms with Crippen molar-refractivity contribution in [2.75, 3.05) is 33.2 Å². The van der Waals surface area contributed by atoms with E-state index in [1.807, 2.05) is 0 Å². The van der Waals surface area contributed by atoms with Gasteiger partial charge in [-0.15, -0.1) is 0 Å². The minimum Gasteiger partial charge on any atom is -0.469 e. The smallest absolute Gasteiger partial charge is 0.305 e.